The third kappa shape index (κ3) is 6.23. The van der Waals surface area contributed by atoms with Crippen molar-refractivity contribution in [3.8, 4) is 0 Å². The molecule has 3 aromatic rings. The van der Waals surface area contributed by atoms with Gasteiger partial charge in [-0.15, -0.1) is 0 Å². The summed E-state index contributed by atoms with van der Waals surface area (Å²) < 4.78 is 0. The lowest BCUT2D eigenvalue weighted by Gasteiger charge is -1.99. The van der Waals surface area contributed by atoms with Crippen LogP contribution in [0.4, 0.5) is 22.7 Å². The van der Waals surface area contributed by atoms with Crippen molar-refractivity contribution in [1.82, 2.24) is 0 Å². The zero-order chi connectivity index (χ0) is 21.2. The maximum absolute atomic E-state index is 11.4. The fourth-order valence-electron chi connectivity index (χ4n) is 2.63. The molecule has 152 valence electrons. The third-order valence-electron chi connectivity index (χ3n) is 4.30. The molecule has 0 aromatic heterocycles. The van der Waals surface area contributed by atoms with E-state index in [9.17, 15) is 4.79 Å². The van der Waals surface area contributed by atoms with E-state index in [4.69, 9.17) is 10.2 Å². The molecule has 0 atom stereocenters. The van der Waals surface area contributed by atoms with Gasteiger partial charge in [-0.2, -0.15) is 20.5 Å². The molecule has 7 heteroatoms. The van der Waals surface area contributed by atoms with E-state index in [1.165, 1.54) is 0 Å². The Bertz CT molecular complexity index is 1010. The number of benzene rings is 3. The summed E-state index contributed by atoms with van der Waals surface area (Å²) in [6, 6.07) is 21.5. The van der Waals surface area contributed by atoms with Gasteiger partial charge in [-0.1, -0.05) is 12.1 Å². The molecule has 0 radical (unpaired) electrons. The van der Waals surface area contributed by atoms with E-state index in [2.05, 4.69) is 20.5 Å². The van der Waals surface area contributed by atoms with E-state index in [1.54, 1.807) is 48.5 Å². The van der Waals surface area contributed by atoms with Crippen LogP contribution in [0.3, 0.4) is 0 Å². The first-order valence-electron chi connectivity index (χ1n) is 9.55. The van der Waals surface area contributed by atoms with Crippen molar-refractivity contribution in [1.29, 1.82) is 0 Å². The fraction of sp³-hybridized carbons (Fsp3) is 0.174. The van der Waals surface area contributed by atoms with Gasteiger partial charge in [-0.3, -0.25) is 4.79 Å². The summed E-state index contributed by atoms with van der Waals surface area (Å²) in [7, 11) is 0. The summed E-state index contributed by atoms with van der Waals surface area (Å²) in [6.45, 7) is -0.324. The molecule has 2 N–H and O–H groups in total. The number of azo groups is 2. The van der Waals surface area contributed by atoms with Gasteiger partial charge in [0.25, 0.3) is 0 Å². The standard InChI is InChI=1S/C23H22N4O3/c28-15-1-2-17-3-7-19(8-4-17)24-26-21-11-13-22(14-12-21)27-25-20-9-5-18(6-10-20)23(30)16-29/h3-14,28-29H,1-2,15-16H2. The van der Waals surface area contributed by atoms with Gasteiger partial charge in [0.2, 0.25) is 0 Å². The summed E-state index contributed by atoms with van der Waals surface area (Å²) in [5, 5.41) is 34.5. The Morgan fingerprint density at radius 1 is 0.633 bits per heavy atom. The number of aryl methyl sites for hydroxylation is 1. The number of Topliss-reactive ketones (excluding diaryl/α,β-unsaturated/α-hetero) is 1. The number of aliphatic hydroxyl groups excluding tert-OH is 2. The Morgan fingerprint density at radius 3 is 1.43 bits per heavy atom. The zero-order valence-corrected chi connectivity index (χ0v) is 16.3. The normalized spacial score (nSPS) is 11.4. The molecule has 0 heterocycles. The number of hydrogen-bond acceptors (Lipinski definition) is 7. The van der Waals surface area contributed by atoms with Crippen molar-refractivity contribution >= 4 is 28.5 Å². The summed E-state index contributed by atoms with van der Waals surface area (Å²) in [6.07, 6.45) is 1.59. The van der Waals surface area contributed by atoms with Crippen LogP contribution in [-0.4, -0.2) is 29.2 Å². The molecule has 0 aliphatic rings. The lowest BCUT2D eigenvalue weighted by Crippen LogP contribution is -2.03. The van der Waals surface area contributed by atoms with E-state index < -0.39 is 6.61 Å². The van der Waals surface area contributed by atoms with Crippen molar-refractivity contribution < 1.29 is 15.0 Å². The van der Waals surface area contributed by atoms with Gasteiger partial charge in [0.1, 0.15) is 6.61 Å². The highest BCUT2D eigenvalue weighted by molar-refractivity contribution is 5.97. The molecular weight excluding hydrogens is 380 g/mol. The van der Waals surface area contributed by atoms with Crippen molar-refractivity contribution in [2.24, 2.45) is 20.5 Å². The van der Waals surface area contributed by atoms with E-state index in [1.807, 2.05) is 24.3 Å². The smallest absolute Gasteiger partial charge is 0.188 e. The van der Waals surface area contributed by atoms with E-state index in [0.29, 0.717) is 22.6 Å². The van der Waals surface area contributed by atoms with Crippen molar-refractivity contribution in [3.05, 3.63) is 83.9 Å². The average Bonchev–Trinajstić information content (AvgIpc) is 2.81. The number of ketones is 1. The van der Waals surface area contributed by atoms with Crippen LogP contribution in [0.1, 0.15) is 22.3 Å². The molecular formula is C23H22N4O3. The van der Waals surface area contributed by atoms with Crippen LogP contribution >= 0.6 is 0 Å². The Labute approximate surface area is 174 Å². The molecule has 7 nitrogen and oxygen atoms in total. The van der Waals surface area contributed by atoms with Crippen LogP contribution < -0.4 is 0 Å². The predicted molar refractivity (Wildman–Crippen MR) is 115 cm³/mol. The summed E-state index contributed by atoms with van der Waals surface area (Å²) in [4.78, 5) is 11.4. The summed E-state index contributed by atoms with van der Waals surface area (Å²) >= 11 is 0. The quantitative estimate of drug-likeness (QED) is 0.358. The van der Waals surface area contributed by atoms with Gasteiger partial charge < -0.3 is 10.2 Å². The summed E-state index contributed by atoms with van der Waals surface area (Å²) in [5.41, 5.74) is 4.33. The van der Waals surface area contributed by atoms with Crippen LogP contribution in [0.5, 0.6) is 0 Å². The minimum atomic E-state index is -0.513. The maximum atomic E-state index is 11.4. The van der Waals surface area contributed by atoms with Crippen LogP contribution in [-0.2, 0) is 6.42 Å². The van der Waals surface area contributed by atoms with E-state index >= 15 is 0 Å². The molecule has 0 amide bonds. The van der Waals surface area contributed by atoms with Crippen LogP contribution in [0.15, 0.2) is 93.3 Å². The Kier molecular flexibility index (Phi) is 7.65. The number of carbonyl (C=O) groups excluding carboxylic acids is 1. The van der Waals surface area contributed by atoms with Gasteiger partial charge in [-0.25, -0.2) is 0 Å². The maximum Gasteiger partial charge on any atom is 0.188 e. The fourth-order valence-corrected chi connectivity index (χ4v) is 2.63. The van der Waals surface area contributed by atoms with Gasteiger partial charge in [0, 0.05) is 12.2 Å². The zero-order valence-electron chi connectivity index (χ0n) is 16.3. The van der Waals surface area contributed by atoms with E-state index in [0.717, 1.165) is 24.1 Å². The van der Waals surface area contributed by atoms with Gasteiger partial charge in [-0.05, 0) is 79.1 Å². The topological polar surface area (TPSA) is 107 Å². The first-order chi connectivity index (χ1) is 14.7. The Balaban J connectivity index is 1.58. The molecule has 3 rings (SSSR count). The van der Waals surface area contributed by atoms with Crippen LogP contribution in [0.2, 0.25) is 0 Å². The van der Waals surface area contributed by atoms with Gasteiger partial charge >= 0.3 is 0 Å². The monoisotopic (exact) mass is 402 g/mol. The third-order valence-corrected chi connectivity index (χ3v) is 4.30. The highest BCUT2D eigenvalue weighted by atomic mass is 16.3. The molecule has 3 aromatic carbocycles. The second-order valence-corrected chi connectivity index (χ2v) is 6.54. The molecule has 30 heavy (non-hydrogen) atoms. The molecule has 0 fully saturated rings. The molecule has 0 spiro atoms. The second-order valence-electron chi connectivity index (χ2n) is 6.54. The van der Waals surface area contributed by atoms with Gasteiger partial charge in [0.15, 0.2) is 5.78 Å². The summed E-state index contributed by atoms with van der Waals surface area (Å²) in [5.74, 6) is -0.333. The van der Waals surface area contributed by atoms with Crippen molar-refractivity contribution in [2.75, 3.05) is 13.2 Å². The van der Waals surface area contributed by atoms with Crippen LogP contribution in [0.25, 0.3) is 0 Å². The molecule has 0 saturated heterocycles. The number of aliphatic hydroxyl groups is 2. The number of nitrogens with zero attached hydrogens (tertiary/aromatic N) is 4. The van der Waals surface area contributed by atoms with Crippen molar-refractivity contribution in [2.45, 2.75) is 12.8 Å². The van der Waals surface area contributed by atoms with Gasteiger partial charge in [0.05, 0.1) is 22.7 Å². The van der Waals surface area contributed by atoms with Crippen molar-refractivity contribution in [3.63, 3.8) is 0 Å². The SMILES string of the molecule is O=C(CO)c1ccc(N=Nc2ccc(N=Nc3ccc(CCCO)cc3)cc2)cc1. The molecule has 0 saturated carbocycles. The van der Waals surface area contributed by atoms with Crippen LogP contribution in [0, 0.1) is 0 Å². The Hall–Kier alpha value is -3.55. The predicted octanol–water partition coefficient (Wildman–Crippen LogP) is 5.62. The molecule has 0 aliphatic heterocycles. The number of carbonyl (C=O) groups is 1. The first-order valence-corrected chi connectivity index (χ1v) is 9.55. The average molecular weight is 402 g/mol. The number of rotatable bonds is 9. The lowest BCUT2D eigenvalue weighted by molar-refractivity contribution is 0.0904. The minimum absolute atomic E-state index is 0.189. The Morgan fingerprint density at radius 2 is 1.03 bits per heavy atom. The molecule has 0 unspecified atom stereocenters. The van der Waals surface area contributed by atoms with E-state index in [-0.39, 0.29) is 12.4 Å². The lowest BCUT2D eigenvalue weighted by atomic mass is 10.1. The highest BCUT2D eigenvalue weighted by Gasteiger charge is 2.03. The molecule has 0 aliphatic carbocycles. The molecule has 0 bridgehead atoms. The largest absolute Gasteiger partial charge is 0.396 e. The first kappa shape index (κ1) is 21.2. The second kappa shape index (κ2) is 10.8. The highest BCUT2D eigenvalue weighted by Crippen LogP contribution is 2.24. The minimum Gasteiger partial charge on any atom is -0.396 e. The number of hydrogen-bond donors (Lipinski definition) is 2.